The van der Waals surface area contributed by atoms with E-state index in [9.17, 15) is 5.11 Å². The third-order valence-electron chi connectivity index (χ3n) is 2.37. The molecule has 2 nitrogen and oxygen atoms in total. The van der Waals surface area contributed by atoms with Crippen molar-refractivity contribution in [3.05, 3.63) is 65.7 Å². The summed E-state index contributed by atoms with van der Waals surface area (Å²) in [5, 5.41) is 10.0. The summed E-state index contributed by atoms with van der Waals surface area (Å²) < 4.78 is 0. The first-order chi connectivity index (χ1) is 7.27. The molecule has 0 saturated heterocycles. The number of aliphatic hydroxyl groups excluding tert-OH is 1. The smallest absolute Gasteiger partial charge is 0.104 e. The van der Waals surface area contributed by atoms with Gasteiger partial charge in [-0.3, -0.25) is 0 Å². The van der Waals surface area contributed by atoms with Crippen LogP contribution in [0.1, 0.15) is 17.2 Å². The Bertz CT molecular complexity index is 422. The van der Waals surface area contributed by atoms with Gasteiger partial charge in [0.15, 0.2) is 0 Å². The SMILES string of the molecule is Nc1ccc([C@@H](O)c2ccccc2)cc1. The molecule has 0 fully saturated rings. The van der Waals surface area contributed by atoms with Crippen LogP contribution in [0.4, 0.5) is 5.69 Å². The van der Waals surface area contributed by atoms with Gasteiger partial charge in [0.25, 0.3) is 0 Å². The van der Waals surface area contributed by atoms with Crippen molar-refractivity contribution >= 4 is 5.69 Å². The second-order valence-corrected chi connectivity index (χ2v) is 3.48. The quantitative estimate of drug-likeness (QED) is 0.729. The highest BCUT2D eigenvalue weighted by Gasteiger charge is 2.08. The van der Waals surface area contributed by atoms with Crippen molar-refractivity contribution in [2.75, 3.05) is 5.73 Å². The second kappa shape index (κ2) is 4.15. The van der Waals surface area contributed by atoms with Crippen LogP contribution >= 0.6 is 0 Å². The number of hydrogen-bond acceptors (Lipinski definition) is 2. The van der Waals surface area contributed by atoms with Crippen molar-refractivity contribution in [3.63, 3.8) is 0 Å². The summed E-state index contributed by atoms with van der Waals surface area (Å²) in [5.74, 6) is 0. The van der Waals surface area contributed by atoms with Crippen LogP contribution in [0.2, 0.25) is 0 Å². The fourth-order valence-corrected chi connectivity index (χ4v) is 1.51. The molecule has 1 atom stereocenters. The van der Waals surface area contributed by atoms with Gasteiger partial charge < -0.3 is 10.8 Å². The van der Waals surface area contributed by atoms with Crippen LogP contribution in [-0.4, -0.2) is 5.11 Å². The zero-order valence-electron chi connectivity index (χ0n) is 8.30. The molecule has 0 aliphatic carbocycles. The Balaban J connectivity index is 2.29. The molecule has 0 heterocycles. The van der Waals surface area contributed by atoms with E-state index in [0.29, 0.717) is 5.69 Å². The van der Waals surface area contributed by atoms with Crippen molar-refractivity contribution in [3.8, 4) is 0 Å². The van der Waals surface area contributed by atoms with Gasteiger partial charge in [-0.05, 0) is 23.3 Å². The summed E-state index contributed by atoms with van der Waals surface area (Å²) in [4.78, 5) is 0. The van der Waals surface area contributed by atoms with Crippen LogP contribution in [0.15, 0.2) is 54.6 Å². The van der Waals surface area contributed by atoms with E-state index in [4.69, 9.17) is 5.73 Å². The van der Waals surface area contributed by atoms with Gasteiger partial charge in [0.05, 0.1) is 0 Å². The Morgan fingerprint density at radius 3 is 1.93 bits per heavy atom. The van der Waals surface area contributed by atoms with E-state index in [1.54, 1.807) is 12.1 Å². The molecule has 0 aromatic heterocycles. The fourth-order valence-electron chi connectivity index (χ4n) is 1.51. The first-order valence-corrected chi connectivity index (χ1v) is 4.86. The summed E-state index contributed by atoms with van der Waals surface area (Å²) >= 11 is 0. The molecule has 0 radical (unpaired) electrons. The summed E-state index contributed by atoms with van der Waals surface area (Å²) in [6, 6.07) is 16.8. The molecule has 0 saturated carbocycles. The average molecular weight is 199 g/mol. The first-order valence-electron chi connectivity index (χ1n) is 4.86. The van der Waals surface area contributed by atoms with Crippen molar-refractivity contribution < 1.29 is 5.11 Å². The Morgan fingerprint density at radius 1 is 0.800 bits per heavy atom. The number of nitrogen functional groups attached to an aromatic ring is 1. The average Bonchev–Trinajstić information content (AvgIpc) is 2.30. The number of aliphatic hydroxyl groups is 1. The van der Waals surface area contributed by atoms with Gasteiger partial charge in [0, 0.05) is 5.69 Å². The Hall–Kier alpha value is -1.80. The molecule has 0 bridgehead atoms. The Morgan fingerprint density at radius 2 is 1.33 bits per heavy atom. The largest absolute Gasteiger partial charge is 0.399 e. The van der Waals surface area contributed by atoms with Gasteiger partial charge >= 0.3 is 0 Å². The molecule has 2 heteroatoms. The Kier molecular flexibility index (Phi) is 2.70. The van der Waals surface area contributed by atoms with Gasteiger partial charge in [0.2, 0.25) is 0 Å². The third kappa shape index (κ3) is 2.17. The number of anilines is 1. The minimum absolute atomic E-state index is 0.577. The molecule has 76 valence electrons. The van der Waals surface area contributed by atoms with E-state index in [-0.39, 0.29) is 0 Å². The van der Waals surface area contributed by atoms with E-state index in [0.717, 1.165) is 11.1 Å². The van der Waals surface area contributed by atoms with Crippen molar-refractivity contribution in [1.82, 2.24) is 0 Å². The van der Waals surface area contributed by atoms with E-state index >= 15 is 0 Å². The standard InChI is InChI=1S/C13H13NO/c14-12-8-6-11(7-9-12)13(15)10-4-2-1-3-5-10/h1-9,13,15H,14H2/t13-/m0/s1. The lowest BCUT2D eigenvalue weighted by molar-refractivity contribution is 0.220. The first kappa shape index (κ1) is 9.74. The number of benzene rings is 2. The normalized spacial score (nSPS) is 12.3. The third-order valence-corrected chi connectivity index (χ3v) is 2.37. The highest BCUT2D eigenvalue weighted by atomic mass is 16.3. The molecule has 0 amide bonds. The van der Waals surface area contributed by atoms with Gasteiger partial charge in [-0.2, -0.15) is 0 Å². The monoisotopic (exact) mass is 199 g/mol. The van der Waals surface area contributed by atoms with Crippen molar-refractivity contribution in [1.29, 1.82) is 0 Å². The lowest BCUT2D eigenvalue weighted by Gasteiger charge is -2.11. The fraction of sp³-hybridized carbons (Fsp3) is 0.0769. The molecule has 3 N–H and O–H groups in total. The van der Waals surface area contributed by atoms with Crippen LogP contribution in [0.3, 0.4) is 0 Å². The molecule has 0 aliphatic heterocycles. The minimum Gasteiger partial charge on any atom is -0.399 e. The minimum atomic E-state index is -0.577. The zero-order valence-corrected chi connectivity index (χ0v) is 8.30. The lowest BCUT2D eigenvalue weighted by atomic mass is 10.0. The Labute approximate surface area is 89.0 Å². The second-order valence-electron chi connectivity index (χ2n) is 3.48. The van der Waals surface area contributed by atoms with Crippen molar-refractivity contribution in [2.24, 2.45) is 0 Å². The maximum absolute atomic E-state index is 10.0. The number of rotatable bonds is 2. The van der Waals surface area contributed by atoms with E-state index in [1.807, 2.05) is 42.5 Å². The molecule has 15 heavy (non-hydrogen) atoms. The van der Waals surface area contributed by atoms with E-state index in [2.05, 4.69) is 0 Å². The summed E-state index contributed by atoms with van der Waals surface area (Å²) in [5.41, 5.74) is 8.04. The van der Waals surface area contributed by atoms with Crippen LogP contribution in [0, 0.1) is 0 Å². The zero-order chi connectivity index (χ0) is 10.7. The maximum Gasteiger partial charge on any atom is 0.104 e. The topological polar surface area (TPSA) is 46.2 Å². The van der Waals surface area contributed by atoms with E-state index in [1.165, 1.54) is 0 Å². The summed E-state index contributed by atoms with van der Waals surface area (Å²) in [7, 11) is 0. The highest BCUT2D eigenvalue weighted by Crippen LogP contribution is 2.21. The molecule has 2 rings (SSSR count). The van der Waals surface area contributed by atoms with Crippen molar-refractivity contribution in [2.45, 2.75) is 6.10 Å². The summed E-state index contributed by atoms with van der Waals surface area (Å²) in [6.45, 7) is 0. The van der Waals surface area contributed by atoms with Gasteiger partial charge in [-0.15, -0.1) is 0 Å². The highest BCUT2D eigenvalue weighted by molar-refractivity contribution is 5.41. The maximum atomic E-state index is 10.0. The molecular weight excluding hydrogens is 186 g/mol. The predicted molar refractivity (Wildman–Crippen MR) is 61.4 cm³/mol. The lowest BCUT2D eigenvalue weighted by Crippen LogP contribution is -1.99. The van der Waals surface area contributed by atoms with Crippen LogP contribution < -0.4 is 5.73 Å². The predicted octanol–water partition coefficient (Wildman–Crippen LogP) is 2.35. The molecule has 0 unspecified atom stereocenters. The summed E-state index contributed by atoms with van der Waals surface area (Å²) in [6.07, 6.45) is -0.577. The molecule has 2 aromatic carbocycles. The van der Waals surface area contributed by atoms with Crippen LogP contribution in [0.25, 0.3) is 0 Å². The van der Waals surface area contributed by atoms with Gasteiger partial charge in [-0.25, -0.2) is 0 Å². The molecule has 0 spiro atoms. The number of nitrogens with two attached hydrogens (primary N) is 1. The van der Waals surface area contributed by atoms with Gasteiger partial charge in [-0.1, -0.05) is 42.5 Å². The number of hydrogen-bond donors (Lipinski definition) is 2. The molecular formula is C13H13NO. The van der Waals surface area contributed by atoms with Gasteiger partial charge in [0.1, 0.15) is 6.10 Å². The van der Waals surface area contributed by atoms with Crippen LogP contribution in [-0.2, 0) is 0 Å². The van der Waals surface area contributed by atoms with E-state index < -0.39 is 6.10 Å². The van der Waals surface area contributed by atoms with Crippen LogP contribution in [0.5, 0.6) is 0 Å². The molecule has 0 aliphatic rings. The molecule has 2 aromatic rings.